The van der Waals surface area contributed by atoms with Crippen LogP contribution in [0.3, 0.4) is 0 Å². The van der Waals surface area contributed by atoms with Crippen molar-refractivity contribution in [2.24, 2.45) is 0 Å². The lowest BCUT2D eigenvalue weighted by Gasteiger charge is -2.38. The second-order valence-corrected chi connectivity index (χ2v) is 13.4. The Balaban J connectivity index is 1.29. The maximum Gasteiger partial charge on any atom is 0.407 e. The number of likely N-dealkylation sites (tertiary alicyclic amines) is 1. The van der Waals surface area contributed by atoms with Crippen LogP contribution in [0.25, 0.3) is 11.0 Å². The fourth-order valence-electron chi connectivity index (χ4n) is 6.62. The number of nitrogens with one attached hydrogen (secondary N) is 1. The van der Waals surface area contributed by atoms with Crippen molar-refractivity contribution in [1.29, 1.82) is 0 Å². The predicted molar refractivity (Wildman–Crippen MR) is 183 cm³/mol. The van der Waals surface area contributed by atoms with Crippen molar-refractivity contribution in [1.82, 2.24) is 24.3 Å². The minimum absolute atomic E-state index is 0.141. The first-order valence-electron chi connectivity index (χ1n) is 16.6. The molecular weight excluding hydrogens is 594 g/mol. The number of aromatic nitrogens is 2. The quantitative estimate of drug-likeness (QED) is 0.183. The Morgan fingerprint density at radius 3 is 2.11 bits per heavy atom. The molecule has 2 amide bonds. The number of alkyl carbamates (subject to hydrolysis) is 1. The predicted octanol–water partition coefficient (Wildman–Crippen LogP) is 6.49. The molecule has 1 unspecified atom stereocenters. The Morgan fingerprint density at radius 1 is 0.915 bits per heavy atom. The van der Waals surface area contributed by atoms with Crippen molar-refractivity contribution in [3.63, 3.8) is 0 Å². The summed E-state index contributed by atoms with van der Waals surface area (Å²) < 4.78 is 8.87. The Kier molecular flexibility index (Phi) is 11.0. The van der Waals surface area contributed by atoms with Crippen LogP contribution in [0.1, 0.15) is 63.6 Å². The van der Waals surface area contributed by atoms with E-state index in [1.807, 2.05) is 41.0 Å². The molecule has 250 valence electrons. The summed E-state index contributed by atoms with van der Waals surface area (Å²) in [6.45, 7) is 8.76. The zero-order valence-electron chi connectivity index (χ0n) is 27.7. The van der Waals surface area contributed by atoms with E-state index in [9.17, 15) is 19.5 Å². The number of rotatable bonds is 12. The van der Waals surface area contributed by atoms with E-state index in [1.165, 1.54) is 11.1 Å². The number of imidazole rings is 1. The molecule has 1 aliphatic heterocycles. The van der Waals surface area contributed by atoms with Crippen molar-refractivity contribution in [2.45, 2.75) is 83.8 Å². The monoisotopic (exact) mass is 641 g/mol. The highest BCUT2D eigenvalue weighted by molar-refractivity contribution is 5.76. The summed E-state index contributed by atoms with van der Waals surface area (Å²) in [5.41, 5.74) is 3.33. The molecule has 1 fully saturated rings. The van der Waals surface area contributed by atoms with Gasteiger partial charge in [-0.05, 0) is 76.3 Å². The van der Waals surface area contributed by atoms with Crippen molar-refractivity contribution in [3.8, 4) is 0 Å². The lowest BCUT2D eigenvalue weighted by molar-refractivity contribution is 0.0525. The number of benzene rings is 3. The first kappa shape index (κ1) is 33.8. The molecule has 5 rings (SSSR count). The number of hydrogen-bond acceptors (Lipinski definition) is 5. The SMILES string of the molecule is CC(C)(C)OC(=O)NCCn1c(=O)n(C2CCN(C(=O)O)[C@@H](CCCN(Cc3ccccc3)Cc3ccccc3)C2)c2ccccc21. The van der Waals surface area contributed by atoms with Crippen LogP contribution >= 0.6 is 0 Å². The van der Waals surface area contributed by atoms with Gasteiger partial charge in [0.1, 0.15) is 5.60 Å². The Morgan fingerprint density at radius 2 is 1.51 bits per heavy atom. The zero-order chi connectivity index (χ0) is 33.4. The number of hydrogen-bond donors (Lipinski definition) is 2. The van der Waals surface area contributed by atoms with Crippen molar-refractivity contribution >= 4 is 23.2 Å². The maximum atomic E-state index is 13.9. The van der Waals surface area contributed by atoms with Crippen molar-refractivity contribution in [2.75, 3.05) is 19.6 Å². The van der Waals surface area contributed by atoms with E-state index in [-0.39, 0.29) is 24.3 Å². The van der Waals surface area contributed by atoms with Gasteiger partial charge in [-0.1, -0.05) is 72.8 Å². The molecule has 1 aliphatic rings. The van der Waals surface area contributed by atoms with E-state index in [2.05, 4.69) is 58.7 Å². The Labute approximate surface area is 276 Å². The largest absolute Gasteiger partial charge is 0.465 e. The van der Waals surface area contributed by atoms with Crippen LogP contribution < -0.4 is 11.0 Å². The van der Waals surface area contributed by atoms with Crippen LogP contribution in [0.15, 0.2) is 89.7 Å². The van der Waals surface area contributed by atoms with E-state index in [0.29, 0.717) is 32.4 Å². The summed E-state index contributed by atoms with van der Waals surface area (Å²) in [4.78, 5) is 42.4. The molecule has 0 radical (unpaired) electrons. The standard InChI is InChI=1S/C37H47N5O5/c1-37(2,3)47-34(43)38-21-24-41-32-18-10-11-19-33(32)42(35(41)44)31-20-23-40(36(45)46)30(25-31)17-12-22-39(26-28-13-6-4-7-14-28)27-29-15-8-5-9-16-29/h4-11,13-16,18-19,30-31H,12,17,20-27H2,1-3H3,(H,38,43)(H,45,46)/t30-,31?/m0/s1. The molecule has 4 aromatic rings. The molecule has 0 aliphatic carbocycles. The summed E-state index contributed by atoms with van der Waals surface area (Å²) in [7, 11) is 0. The third kappa shape index (κ3) is 9.04. The number of piperidine rings is 1. The number of fused-ring (bicyclic) bond motifs is 1. The molecule has 2 heterocycles. The van der Waals surface area contributed by atoms with Crippen LogP contribution in [0.5, 0.6) is 0 Å². The maximum absolute atomic E-state index is 13.9. The topological polar surface area (TPSA) is 109 Å². The van der Waals surface area contributed by atoms with Gasteiger partial charge < -0.3 is 20.1 Å². The Hall–Kier alpha value is -4.57. The number of para-hydroxylation sites is 2. The fraction of sp³-hybridized carbons (Fsp3) is 0.432. The van der Waals surface area contributed by atoms with E-state index < -0.39 is 17.8 Å². The van der Waals surface area contributed by atoms with Gasteiger partial charge in [0.2, 0.25) is 0 Å². The van der Waals surface area contributed by atoms with E-state index >= 15 is 0 Å². The second-order valence-electron chi connectivity index (χ2n) is 13.4. The number of ether oxygens (including phenoxy) is 1. The number of carbonyl (C=O) groups is 2. The molecular formula is C37H47N5O5. The van der Waals surface area contributed by atoms with Gasteiger partial charge in [0.25, 0.3) is 0 Å². The summed E-state index contributed by atoms with van der Waals surface area (Å²) in [5.74, 6) is 0. The Bertz CT molecular complexity index is 1640. The number of nitrogens with zero attached hydrogens (tertiary/aromatic N) is 4. The van der Waals surface area contributed by atoms with E-state index in [0.717, 1.165) is 37.1 Å². The van der Waals surface area contributed by atoms with Crippen LogP contribution in [-0.2, 0) is 24.4 Å². The molecule has 0 bridgehead atoms. The van der Waals surface area contributed by atoms with Gasteiger partial charge in [0, 0.05) is 44.8 Å². The number of carbonyl (C=O) groups excluding carboxylic acids is 1. The summed E-state index contributed by atoms with van der Waals surface area (Å²) in [6.07, 6.45) is 1.21. The zero-order valence-corrected chi connectivity index (χ0v) is 27.7. The van der Waals surface area contributed by atoms with Gasteiger partial charge >= 0.3 is 17.9 Å². The summed E-state index contributed by atoms with van der Waals surface area (Å²) in [5, 5.41) is 12.9. The molecule has 10 heteroatoms. The van der Waals surface area contributed by atoms with Crippen LogP contribution in [0.2, 0.25) is 0 Å². The van der Waals surface area contributed by atoms with Gasteiger partial charge in [-0.25, -0.2) is 14.4 Å². The third-order valence-corrected chi connectivity index (χ3v) is 8.68. The highest BCUT2D eigenvalue weighted by Gasteiger charge is 2.34. The van der Waals surface area contributed by atoms with Gasteiger partial charge in [-0.3, -0.25) is 14.0 Å². The summed E-state index contributed by atoms with van der Waals surface area (Å²) in [6, 6.07) is 28.1. The molecule has 0 saturated carbocycles. The van der Waals surface area contributed by atoms with Crippen molar-refractivity contribution < 1.29 is 19.4 Å². The van der Waals surface area contributed by atoms with Crippen LogP contribution in [0.4, 0.5) is 9.59 Å². The van der Waals surface area contributed by atoms with Crippen LogP contribution in [-0.4, -0.2) is 67.5 Å². The molecule has 2 N–H and O–H groups in total. The number of amides is 2. The molecule has 2 atom stereocenters. The normalized spacial score (nSPS) is 16.8. The van der Waals surface area contributed by atoms with Gasteiger partial charge in [0.05, 0.1) is 11.0 Å². The average Bonchev–Trinajstić information content (AvgIpc) is 3.31. The molecule has 47 heavy (non-hydrogen) atoms. The number of carboxylic acid groups (broad SMARTS) is 1. The molecule has 10 nitrogen and oxygen atoms in total. The molecule has 1 saturated heterocycles. The van der Waals surface area contributed by atoms with Gasteiger partial charge in [-0.15, -0.1) is 0 Å². The lowest BCUT2D eigenvalue weighted by Crippen LogP contribution is -2.47. The highest BCUT2D eigenvalue weighted by Crippen LogP contribution is 2.31. The molecule has 0 spiro atoms. The van der Waals surface area contributed by atoms with E-state index in [4.69, 9.17) is 4.74 Å². The second kappa shape index (κ2) is 15.3. The minimum Gasteiger partial charge on any atom is -0.465 e. The van der Waals surface area contributed by atoms with Crippen LogP contribution in [0, 0.1) is 0 Å². The minimum atomic E-state index is -0.915. The lowest BCUT2D eigenvalue weighted by atomic mass is 9.93. The first-order chi connectivity index (χ1) is 22.6. The average molecular weight is 642 g/mol. The molecule has 3 aromatic carbocycles. The molecule has 1 aromatic heterocycles. The highest BCUT2D eigenvalue weighted by atomic mass is 16.6. The smallest absolute Gasteiger partial charge is 0.407 e. The van der Waals surface area contributed by atoms with Crippen molar-refractivity contribution in [3.05, 3.63) is 107 Å². The van der Waals surface area contributed by atoms with Gasteiger partial charge in [-0.2, -0.15) is 0 Å². The third-order valence-electron chi connectivity index (χ3n) is 8.68. The van der Waals surface area contributed by atoms with E-state index in [1.54, 1.807) is 30.2 Å². The first-order valence-corrected chi connectivity index (χ1v) is 16.6. The fourth-order valence-corrected chi connectivity index (χ4v) is 6.62. The van der Waals surface area contributed by atoms with Gasteiger partial charge in [0.15, 0.2) is 0 Å². The summed E-state index contributed by atoms with van der Waals surface area (Å²) >= 11 is 0.